The van der Waals surface area contributed by atoms with Crippen LogP contribution in [0.4, 0.5) is 8.78 Å². The summed E-state index contributed by atoms with van der Waals surface area (Å²) >= 11 is 0. The Bertz CT molecular complexity index is 1570. The van der Waals surface area contributed by atoms with E-state index >= 15 is 4.39 Å². The Hall–Kier alpha value is -3.17. The quantitative estimate of drug-likeness (QED) is 0.311. The zero-order valence-electron chi connectivity index (χ0n) is 22.4. The van der Waals surface area contributed by atoms with Crippen molar-refractivity contribution in [3.05, 3.63) is 47.5 Å². The van der Waals surface area contributed by atoms with Crippen molar-refractivity contribution in [1.29, 1.82) is 0 Å². The van der Waals surface area contributed by atoms with E-state index in [2.05, 4.69) is 26.0 Å². The average molecular weight is 534 g/mol. The molecular weight excluding hydrogens is 500 g/mol. The number of fused-ring (bicyclic) bond motifs is 3. The van der Waals surface area contributed by atoms with Crippen molar-refractivity contribution in [2.45, 2.75) is 70.3 Å². The molecule has 3 aliphatic heterocycles. The minimum absolute atomic E-state index is 0.108. The Balaban J connectivity index is 1.27. The van der Waals surface area contributed by atoms with Crippen LogP contribution >= 0.6 is 0 Å². The van der Waals surface area contributed by atoms with Crippen molar-refractivity contribution in [1.82, 2.24) is 24.6 Å². The van der Waals surface area contributed by atoms with Crippen molar-refractivity contribution >= 4 is 21.8 Å². The molecule has 0 amide bonds. The van der Waals surface area contributed by atoms with Gasteiger partial charge in [0, 0.05) is 42.1 Å². The van der Waals surface area contributed by atoms with E-state index in [9.17, 15) is 4.39 Å². The Kier molecular flexibility index (Phi) is 6.04. The van der Waals surface area contributed by atoms with Crippen LogP contribution in [0.15, 0.2) is 30.6 Å². The summed E-state index contributed by atoms with van der Waals surface area (Å²) in [6.45, 7) is 6.42. The van der Waals surface area contributed by atoms with Crippen LogP contribution in [-0.4, -0.2) is 62.7 Å². The minimum Gasteiger partial charge on any atom is -0.461 e. The molecule has 3 fully saturated rings. The lowest BCUT2D eigenvalue weighted by Gasteiger charge is -2.30. The standard InChI is InChI=1S/C30H33F2N5O2/c1-18-12-24-23(15-34-37(24)25-6-3-4-11-38-25)26(19(18)2)22-8-7-20-14-33-29(35-28(20)27(22)32)39-17-30-9-5-10-36(30)16-21(31)13-30/h7-8,12,14-15,21,25H,3-6,9-11,13,16-17H2,1-2H3/t21-,25?,30+/m1/s1. The van der Waals surface area contributed by atoms with Crippen LogP contribution in [0.25, 0.3) is 32.9 Å². The minimum atomic E-state index is -0.838. The van der Waals surface area contributed by atoms with Gasteiger partial charge in [0.05, 0.1) is 17.3 Å². The third-order valence-corrected chi connectivity index (χ3v) is 9.02. The molecule has 204 valence electrons. The van der Waals surface area contributed by atoms with E-state index in [0.717, 1.165) is 72.8 Å². The molecule has 0 bridgehead atoms. The van der Waals surface area contributed by atoms with Crippen LogP contribution in [-0.2, 0) is 4.74 Å². The monoisotopic (exact) mass is 533 g/mol. The lowest BCUT2D eigenvalue weighted by molar-refractivity contribution is -0.0366. The smallest absolute Gasteiger partial charge is 0.317 e. The highest BCUT2D eigenvalue weighted by atomic mass is 19.1. The van der Waals surface area contributed by atoms with Crippen LogP contribution in [0, 0.1) is 19.7 Å². The van der Waals surface area contributed by atoms with Gasteiger partial charge in [-0.25, -0.2) is 18.4 Å². The van der Waals surface area contributed by atoms with Gasteiger partial charge in [0.15, 0.2) is 12.0 Å². The molecule has 2 aromatic carbocycles. The molecule has 1 unspecified atom stereocenters. The van der Waals surface area contributed by atoms with Crippen molar-refractivity contribution < 1.29 is 18.3 Å². The van der Waals surface area contributed by atoms with E-state index in [1.807, 2.05) is 30.8 Å². The normalized spacial score (nSPS) is 25.5. The van der Waals surface area contributed by atoms with E-state index in [1.165, 1.54) is 0 Å². The maximum Gasteiger partial charge on any atom is 0.317 e. The molecule has 7 rings (SSSR count). The zero-order valence-corrected chi connectivity index (χ0v) is 22.4. The number of hydrogen-bond acceptors (Lipinski definition) is 6. The number of halogens is 2. The SMILES string of the molecule is Cc1cc2c(cnn2C2CCCCO2)c(-c2ccc3cnc(OC[C@@]45CCCN4C[C@H](F)C5)nc3c2F)c1C. The molecule has 0 N–H and O–H groups in total. The highest BCUT2D eigenvalue weighted by Gasteiger charge is 2.49. The largest absolute Gasteiger partial charge is 0.461 e. The Morgan fingerprint density at radius 2 is 2.08 bits per heavy atom. The maximum atomic E-state index is 16.3. The van der Waals surface area contributed by atoms with Crippen LogP contribution in [0.2, 0.25) is 0 Å². The summed E-state index contributed by atoms with van der Waals surface area (Å²) in [4.78, 5) is 11.0. The predicted octanol–water partition coefficient (Wildman–Crippen LogP) is 6.06. The van der Waals surface area contributed by atoms with Crippen LogP contribution in [0.5, 0.6) is 6.01 Å². The summed E-state index contributed by atoms with van der Waals surface area (Å²) in [6.07, 6.45) is 7.92. The number of ether oxygens (including phenoxy) is 2. The van der Waals surface area contributed by atoms with Gasteiger partial charge in [0.25, 0.3) is 0 Å². The molecule has 0 saturated carbocycles. The van der Waals surface area contributed by atoms with Gasteiger partial charge in [0.2, 0.25) is 0 Å². The summed E-state index contributed by atoms with van der Waals surface area (Å²) in [5, 5.41) is 6.17. The number of nitrogens with zero attached hydrogens (tertiary/aromatic N) is 5. The second-order valence-corrected chi connectivity index (χ2v) is 11.4. The second kappa shape index (κ2) is 9.48. The van der Waals surface area contributed by atoms with Crippen molar-refractivity contribution in [2.24, 2.45) is 0 Å². The van der Waals surface area contributed by atoms with Gasteiger partial charge in [0.1, 0.15) is 18.3 Å². The zero-order chi connectivity index (χ0) is 26.7. The van der Waals surface area contributed by atoms with Gasteiger partial charge in [-0.05, 0) is 75.3 Å². The Morgan fingerprint density at radius 3 is 2.92 bits per heavy atom. The molecule has 5 heterocycles. The van der Waals surface area contributed by atoms with Crippen molar-refractivity contribution in [3.8, 4) is 17.1 Å². The molecule has 4 aromatic rings. The Morgan fingerprint density at radius 1 is 1.18 bits per heavy atom. The number of benzene rings is 2. The van der Waals surface area contributed by atoms with Gasteiger partial charge in [-0.1, -0.05) is 12.1 Å². The number of alkyl halides is 1. The van der Waals surface area contributed by atoms with Gasteiger partial charge in [-0.15, -0.1) is 0 Å². The molecule has 3 saturated heterocycles. The van der Waals surface area contributed by atoms with Gasteiger partial charge in [-0.2, -0.15) is 10.1 Å². The highest BCUT2D eigenvalue weighted by molar-refractivity contribution is 5.99. The summed E-state index contributed by atoms with van der Waals surface area (Å²) in [5.74, 6) is -0.415. The molecule has 7 nitrogen and oxygen atoms in total. The highest BCUT2D eigenvalue weighted by Crippen LogP contribution is 2.41. The third kappa shape index (κ3) is 4.09. The van der Waals surface area contributed by atoms with Gasteiger partial charge < -0.3 is 9.47 Å². The fourth-order valence-electron chi connectivity index (χ4n) is 6.87. The number of hydrogen-bond donors (Lipinski definition) is 0. The van der Waals surface area contributed by atoms with E-state index in [4.69, 9.17) is 9.47 Å². The number of rotatable bonds is 5. The average Bonchev–Trinajstić information content (AvgIpc) is 3.61. The van der Waals surface area contributed by atoms with Crippen LogP contribution in [0.1, 0.15) is 55.9 Å². The first-order valence-electron chi connectivity index (χ1n) is 14.0. The summed E-state index contributed by atoms with van der Waals surface area (Å²) in [7, 11) is 0. The van der Waals surface area contributed by atoms with Crippen molar-refractivity contribution in [3.63, 3.8) is 0 Å². The van der Waals surface area contributed by atoms with E-state index in [0.29, 0.717) is 30.5 Å². The fourth-order valence-corrected chi connectivity index (χ4v) is 6.87. The predicted molar refractivity (Wildman–Crippen MR) is 145 cm³/mol. The molecule has 0 radical (unpaired) electrons. The maximum absolute atomic E-state index is 16.3. The molecule has 39 heavy (non-hydrogen) atoms. The third-order valence-electron chi connectivity index (χ3n) is 9.02. The van der Waals surface area contributed by atoms with Crippen molar-refractivity contribution in [2.75, 3.05) is 26.3 Å². The van der Waals surface area contributed by atoms with E-state index in [1.54, 1.807) is 12.3 Å². The first-order valence-corrected chi connectivity index (χ1v) is 14.0. The molecule has 0 aliphatic carbocycles. The first-order chi connectivity index (χ1) is 18.9. The fraction of sp³-hybridized carbons (Fsp3) is 0.500. The van der Waals surface area contributed by atoms with Gasteiger partial charge in [-0.3, -0.25) is 4.90 Å². The lowest BCUT2D eigenvalue weighted by Crippen LogP contribution is -2.43. The summed E-state index contributed by atoms with van der Waals surface area (Å²) in [5.41, 5.74) is 4.18. The molecular formula is C30H33F2N5O2. The Labute approximate surface area is 226 Å². The van der Waals surface area contributed by atoms with E-state index in [-0.39, 0.29) is 23.3 Å². The molecule has 2 aromatic heterocycles. The van der Waals surface area contributed by atoms with E-state index < -0.39 is 12.0 Å². The molecule has 9 heteroatoms. The van der Waals surface area contributed by atoms with Crippen LogP contribution in [0.3, 0.4) is 0 Å². The summed E-state index contributed by atoms with van der Waals surface area (Å²) < 4.78 is 44.4. The number of aromatic nitrogens is 4. The molecule has 3 atom stereocenters. The van der Waals surface area contributed by atoms with Crippen LogP contribution < -0.4 is 4.74 Å². The first kappa shape index (κ1) is 24.8. The number of aryl methyl sites for hydroxylation is 1. The van der Waals surface area contributed by atoms with Gasteiger partial charge >= 0.3 is 6.01 Å². The molecule has 3 aliphatic rings. The molecule has 0 spiro atoms. The topological polar surface area (TPSA) is 65.3 Å². The lowest BCUT2D eigenvalue weighted by atomic mass is 9.92. The second-order valence-electron chi connectivity index (χ2n) is 11.4. The summed E-state index contributed by atoms with van der Waals surface area (Å²) in [6, 6.07) is 5.88.